The molecule has 106 valence electrons. The van der Waals surface area contributed by atoms with E-state index in [4.69, 9.17) is 0 Å². The smallest absolute Gasteiger partial charge is 0.133 e. The van der Waals surface area contributed by atoms with Crippen LogP contribution < -0.4 is 5.32 Å². The van der Waals surface area contributed by atoms with E-state index in [1.54, 1.807) is 12.1 Å². The Hall–Kier alpha value is -1.81. The molecule has 0 bridgehead atoms. The zero-order chi connectivity index (χ0) is 14.5. The third kappa shape index (κ3) is 4.10. The summed E-state index contributed by atoms with van der Waals surface area (Å²) in [5.74, 6) is 0.454. The second kappa shape index (κ2) is 6.57. The Balaban J connectivity index is 2.17. The SMILES string of the molecule is Cc1cc(CNC(C)C)nc(Cc2ccccc2F)n1. The molecule has 0 fully saturated rings. The molecule has 2 rings (SSSR count). The summed E-state index contributed by atoms with van der Waals surface area (Å²) in [6, 6.07) is 9.11. The first-order valence-corrected chi connectivity index (χ1v) is 6.85. The summed E-state index contributed by atoms with van der Waals surface area (Å²) >= 11 is 0. The molecule has 0 saturated heterocycles. The fraction of sp³-hybridized carbons (Fsp3) is 0.375. The average Bonchev–Trinajstić information content (AvgIpc) is 2.38. The molecule has 2 aromatic rings. The summed E-state index contributed by atoms with van der Waals surface area (Å²) in [5, 5.41) is 3.33. The van der Waals surface area contributed by atoms with Gasteiger partial charge in [0.05, 0.1) is 5.69 Å². The zero-order valence-electron chi connectivity index (χ0n) is 12.2. The van der Waals surface area contributed by atoms with E-state index in [2.05, 4.69) is 29.1 Å². The van der Waals surface area contributed by atoms with Gasteiger partial charge in [-0.3, -0.25) is 0 Å². The lowest BCUT2D eigenvalue weighted by atomic mass is 10.1. The minimum absolute atomic E-state index is 0.209. The van der Waals surface area contributed by atoms with Gasteiger partial charge in [-0.15, -0.1) is 0 Å². The van der Waals surface area contributed by atoms with Crippen LogP contribution in [0.5, 0.6) is 0 Å². The van der Waals surface area contributed by atoms with Gasteiger partial charge >= 0.3 is 0 Å². The highest BCUT2D eigenvalue weighted by Crippen LogP contribution is 2.11. The summed E-state index contributed by atoms with van der Waals surface area (Å²) < 4.78 is 13.7. The zero-order valence-corrected chi connectivity index (χ0v) is 12.2. The predicted molar refractivity (Wildman–Crippen MR) is 78.0 cm³/mol. The van der Waals surface area contributed by atoms with Crippen LogP contribution in [0.1, 0.15) is 36.6 Å². The van der Waals surface area contributed by atoms with Gasteiger partial charge in [0.1, 0.15) is 11.6 Å². The van der Waals surface area contributed by atoms with E-state index >= 15 is 0 Å². The van der Waals surface area contributed by atoms with Gasteiger partial charge in [-0.1, -0.05) is 32.0 Å². The number of aryl methyl sites for hydroxylation is 1. The van der Waals surface area contributed by atoms with E-state index in [1.807, 2.05) is 19.1 Å². The molecule has 0 aliphatic heterocycles. The maximum absolute atomic E-state index is 13.7. The van der Waals surface area contributed by atoms with Gasteiger partial charge in [0.25, 0.3) is 0 Å². The lowest BCUT2D eigenvalue weighted by molar-refractivity contribution is 0.577. The van der Waals surface area contributed by atoms with Crippen LogP contribution >= 0.6 is 0 Å². The van der Waals surface area contributed by atoms with Gasteiger partial charge in [0, 0.05) is 24.7 Å². The number of benzene rings is 1. The molecule has 1 N–H and O–H groups in total. The van der Waals surface area contributed by atoms with Crippen LogP contribution in [0.15, 0.2) is 30.3 Å². The van der Waals surface area contributed by atoms with Crippen LogP contribution in [-0.4, -0.2) is 16.0 Å². The molecule has 0 aliphatic carbocycles. The van der Waals surface area contributed by atoms with Gasteiger partial charge in [0.2, 0.25) is 0 Å². The Kier molecular flexibility index (Phi) is 4.79. The van der Waals surface area contributed by atoms with Crippen molar-refractivity contribution < 1.29 is 4.39 Å². The van der Waals surface area contributed by atoms with Crippen LogP contribution in [-0.2, 0) is 13.0 Å². The number of aromatic nitrogens is 2. The summed E-state index contributed by atoms with van der Waals surface area (Å²) in [6.45, 7) is 6.82. The van der Waals surface area contributed by atoms with Crippen LogP contribution in [0.2, 0.25) is 0 Å². The van der Waals surface area contributed by atoms with Gasteiger partial charge < -0.3 is 5.32 Å². The monoisotopic (exact) mass is 273 g/mol. The van der Waals surface area contributed by atoms with Gasteiger partial charge in [-0.05, 0) is 24.6 Å². The first kappa shape index (κ1) is 14.6. The van der Waals surface area contributed by atoms with Crippen molar-refractivity contribution in [1.82, 2.24) is 15.3 Å². The second-order valence-electron chi connectivity index (χ2n) is 5.22. The van der Waals surface area contributed by atoms with Crippen molar-refractivity contribution in [3.63, 3.8) is 0 Å². The number of halogens is 1. The van der Waals surface area contributed by atoms with Crippen molar-refractivity contribution >= 4 is 0 Å². The molecule has 0 atom stereocenters. The van der Waals surface area contributed by atoms with Crippen molar-refractivity contribution in [2.45, 2.75) is 39.8 Å². The lowest BCUT2D eigenvalue weighted by Gasteiger charge is -2.10. The number of rotatable bonds is 5. The topological polar surface area (TPSA) is 37.8 Å². The molecule has 0 spiro atoms. The van der Waals surface area contributed by atoms with E-state index in [9.17, 15) is 4.39 Å². The van der Waals surface area contributed by atoms with E-state index < -0.39 is 0 Å². The molecular formula is C16H20FN3. The second-order valence-corrected chi connectivity index (χ2v) is 5.22. The van der Waals surface area contributed by atoms with Crippen LogP contribution in [0.3, 0.4) is 0 Å². The van der Waals surface area contributed by atoms with Crippen LogP contribution in [0, 0.1) is 12.7 Å². The van der Waals surface area contributed by atoms with Crippen molar-refractivity contribution in [2.24, 2.45) is 0 Å². The first-order valence-electron chi connectivity index (χ1n) is 6.85. The Morgan fingerprint density at radius 3 is 2.65 bits per heavy atom. The highest BCUT2D eigenvalue weighted by molar-refractivity contribution is 5.22. The Labute approximate surface area is 119 Å². The third-order valence-corrected chi connectivity index (χ3v) is 2.95. The van der Waals surface area contributed by atoms with Crippen molar-refractivity contribution in [3.8, 4) is 0 Å². The molecular weight excluding hydrogens is 253 g/mol. The minimum Gasteiger partial charge on any atom is -0.309 e. The maximum Gasteiger partial charge on any atom is 0.133 e. The summed E-state index contributed by atoms with van der Waals surface area (Å²) in [4.78, 5) is 8.89. The quantitative estimate of drug-likeness (QED) is 0.910. The first-order chi connectivity index (χ1) is 9.54. The Morgan fingerprint density at radius 2 is 1.95 bits per heavy atom. The largest absolute Gasteiger partial charge is 0.309 e. The number of hydrogen-bond acceptors (Lipinski definition) is 3. The number of nitrogens with zero attached hydrogens (tertiary/aromatic N) is 2. The highest BCUT2D eigenvalue weighted by Gasteiger charge is 2.07. The van der Waals surface area contributed by atoms with E-state index in [0.717, 1.165) is 11.4 Å². The lowest BCUT2D eigenvalue weighted by Crippen LogP contribution is -2.23. The molecule has 1 aromatic heterocycles. The number of hydrogen-bond donors (Lipinski definition) is 1. The standard InChI is InChI=1S/C16H20FN3/c1-11(2)18-10-14-8-12(3)19-16(20-14)9-13-6-4-5-7-15(13)17/h4-8,11,18H,9-10H2,1-3H3. The fourth-order valence-electron chi connectivity index (χ4n) is 1.99. The Morgan fingerprint density at radius 1 is 1.20 bits per heavy atom. The molecule has 3 nitrogen and oxygen atoms in total. The minimum atomic E-state index is -0.209. The molecule has 0 radical (unpaired) electrons. The maximum atomic E-state index is 13.7. The molecule has 20 heavy (non-hydrogen) atoms. The summed E-state index contributed by atoms with van der Waals surface area (Å²) in [5.41, 5.74) is 2.48. The Bertz CT molecular complexity index is 582. The average molecular weight is 273 g/mol. The molecule has 4 heteroatoms. The summed E-state index contributed by atoms with van der Waals surface area (Å²) in [6.07, 6.45) is 0.420. The summed E-state index contributed by atoms with van der Waals surface area (Å²) in [7, 11) is 0. The molecule has 0 unspecified atom stereocenters. The van der Waals surface area contributed by atoms with Crippen molar-refractivity contribution in [3.05, 3.63) is 58.9 Å². The van der Waals surface area contributed by atoms with Crippen LogP contribution in [0.4, 0.5) is 4.39 Å². The highest BCUT2D eigenvalue weighted by atomic mass is 19.1. The number of nitrogens with one attached hydrogen (secondary N) is 1. The van der Waals surface area contributed by atoms with Gasteiger partial charge in [-0.25, -0.2) is 14.4 Å². The molecule has 1 heterocycles. The molecule has 0 saturated carbocycles. The van der Waals surface area contributed by atoms with Crippen LogP contribution in [0.25, 0.3) is 0 Å². The normalized spacial score (nSPS) is 11.1. The molecule has 1 aromatic carbocycles. The van der Waals surface area contributed by atoms with E-state index in [0.29, 0.717) is 30.4 Å². The predicted octanol–water partition coefficient (Wildman–Crippen LogP) is 3.01. The third-order valence-electron chi connectivity index (χ3n) is 2.95. The molecule has 0 amide bonds. The van der Waals surface area contributed by atoms with E-state index in [-0.39, 0.29) is 5.82 Å². The van der Waals surface area contributed by atoms with Gasteiger partial charge in [-0.2, -0.15) is 0 Å². The van der Waals surface area contributed by atoms with Crippen molar-refractivity contribution in [2.75, 3.05) is 0 Å². The fourth-order valence-corrected chi connectivity index (χ4v) is 1.99. The molecule has 0 aliphatic rings. The van der Waals surface area contributed by atoms with Gasteiger partial charge in [0.15, 0.2) is 0 Å². The van der Waals surface area contributed by atoms with Crippen molar-refractivity contribution in [1.29, 1.82) is 0 Å². The van der Waals surface area contributed by atoms with E-state index in [1.165, 1.54) is 6.07 Å².